The van der Waals surface area contributed by atoms with E-state index >= 15 is 0 Å². The van der Waals surface area contributed by atoms with Gasteiger partial charge in [-0.3, -0.25) is 9.59 Å². The van der Waals surface area contributed by atoms with Crippen molar-refractivity contribution in [2.24, 2.45) is 22.7 Å². The fraction of sp³-hybridized carbons (Fsp3) is 0.900. The molecule has 27 heavy (non-hydrogen) atoms. The van der Waals surface area contributed by atoms with Gasteiger partial charge in [-0.25, -0.2) is 0 Å². The summed E-state index contributed by atoms with van der Waals surface area (Å²) in [6.07, 6.45) is -2.40. The molecular formula is C20H29F3O4. The van der Waals surface area contributed by atoms with Crippen LogP contribution in [-0.4, -0.2) is 29.8 Å². The SMILES string of the molecule is CCC(C)(C)C(=O)OC12CC3CC(C1)CC(C(=O)OC(C)C(F)(F)F)(C3)C2. The van der Waals surface area contributed by atoms with Crippen LogP contribution in [0, 0.1) is 22.7 Å². The van der Waals surface area contributed by atoms with Crippen LogP contribution in [-0.2, 0) is 19.1 Å². The van der Waals surface area contributed by atoms with Gasteiger partial charge in [-0.15, -0.1) is 0 Å². The largest absolute Gasteiger partial charge is 0.459 e. The Balaban J connectivity index is 1.81. The Labute approximate surface area is 158 Å². The van der Waals surface area contributed by atoms with Crippen LogP contribution in [0.5, 0.6) is 0 Å². The van der Waals surface area contributed by atoms with E-state index in [1.54, 1.807) is 0 Å². The standard InChI is InChI=1S/C20H29F3O4/c1-5-17(3,4)15(24)27-19-9-13-6-14(10-19)8-18(7-13,11-19)16(25)26-12(2)20(21,22)23/h12-14H,5-11H2,1-4H3. The Kier molecular flexibility index (Phi) is 4.83. The molecule has 0 spiro atoms. The third-order valence-electron chi connectivity index (χ3n) is 6.93. The van der Waals surface area contributed by atoms with Crippen LogP contribution < -0.4 is 0 Å². The number of ether oxygens (including phenoxy) is 2. The van der Waals surface area contributed by atoms with Gasteiger partial charge < -0.3 is 9.47 Å². The molecule has 4 fully saturated rings. The van der Waals surface area contributed by atoms with Crippen molar-refractivity contribution in [3.8, 4) is 0 Å². The van der Waals surface area contributed by atoms with E-state index in [2.05, 4.69) is 0 Å². The zero-order chi connectivity index (χ0) is 20.3. The molecule has 4 aliphatic carbocycles. The number of esters is 2. The topological polar surface area (TPSA) is 52.6 Å². The molecule has 4 nitrogen and oxygen atoms in total. The lowest BCUT2D eigenvalue weighted by Gasteiger charge is -2.60. The number of halogens is 3. The molecule has 7 heteroatoms. The molecule has 4 aliphatic rings. The molecule has 3 unspecified atom stereocenters. The first kappa shape index (κ1) is 20.5. The number of hydrogen-bond donors (Lipinski definition) is 0. The van der Waals surface area contributed by atoms with Gasteiger partial charge in [0.05, 0.1) is 10.8 Å². The maximum absolute atomic E-state index is 12.9. The molecule has 0 saturated heterocycles. The van der Waals surface area contributed by atoms with Crippen molar-refractivity contribution in [2.75, 3.05) is 0 Å². The first-order chi connectivity index (χ1) is 12.3. The summed E-state index contributed by atoms with van der Waals surface area (Å²) in [6, 6.07) is 0. The van der Waals surface area contributed by atoms with Gasteiger partial charge in [0.25, 0.3) is 0 Å². The molecule has 0 aromatic carbocycles. The van der Waals surface area contributed by atoms with Crippen molar-refractivity contribution in [1.29, 1.82) is 0 Å². The van der Waals surface area contributed by atoms with Crippen LogP contribution in [0.4, 0.5) is 13.2 Å². The molecule has 0 aliphatic heterocycles. The van der Waals surface area contributed by atoms with E-state index in [4.69, 9.17) is 9.47 Å². The highest BCUT2D eigenvalue weighted by molar-refractivity contribution is 5.79. The molecule has 4 bridgehead atoms. The zero-order valence-corrected chi connectivity index (χ0v) is 16.4. The van der Waals surface area contributed by atoms with E-state index in [9.17, 15) is 22.8 Å². The number of carbonyl (C=O) groups is 2. The van der Waals surface area contributed by atoms with Crippen molar-refractivity contribution in [3.05, 3.63) is 0 Å². The van der Waals surface area contributed by atoms with Gasteiger partial charge in [0.15, 0.2) is 6.10 Å². The van der Waals surface area contributed by atoms with Crippen molar-refractivity contribution in [3.63, 3.8) is 0 Å². The second-order valence-electron chi connectivity index (χ2n) is 9.64. The lowest BCUT2D eigenvalue weighted by atomic mass is 9.48. The Bertz CT molecular complexity index is 611. The normalized spacial score (nSPS) is 36.4. The van der Waals surface area contributed by atoms with Gasteiger partial charge in [0.2, 0.25) is 0 Å². The lowest BCUT2D eigenvalue weighted by molar-refractivity contribution is -0.239. The molecule has 0 amide bonds. The van der Waals surface area contributed by atoms with E-state index in [0.29, 0.717) is 32.1 Å². The summed E-state index contributed by atoms with van der Waals surface area (Å²) >= 11 is 0. The van der Waals surface area contributed by atoms with E-state index in [1.165, 1.54) is 0 Å². The van der Waals surface area contributed by atoms with Crippen LogP contribution >= 0.6 is 0 Å². The van der Waals surface area contributed by atoms with Crippen molar-refractivity contribution in [2.45, 2.75) is 90.5 Å². The third-order valence-corrected chi connectivity index (χ3v) is 6.93. The van der Waals surface area contributed by atoms with E-state index in [-0.39, 0.29) is 24.2 Å². The summed E-state index contributed by atoms with van der Waals surface area (Å²) in [5.74, 6) is -0.689. The van der Waals surface area contributed by atoms with Gasteiger partial charge in [0.1, 0.15) is 5.60 Å². The smallest absolute Gasteiger partial charge is 0.425 e. The molecule has 0 N–H and O–H groups in total. The fourth-order valence-electron chi connectivity index (χ4n) is 5.37. The average molecular weight is 390 g/mol. The van der Waals surface area contributed by atoms with E-state index < -0.39 is 34.7 Å². The van der Waals surface area contributed by atoms with Crippen molar-refractivity contribution >= 4 is 11.9 Å². The van der Waals surface area contributed by atoms with Gasteiger partial charge in [-0.2, -0.15) is 13.2 Å². The zero-order valence-electron chi connectivity index (χ0n) is 16.4. The van der Waals surface area contributed by atoms with Gasteiger partial charge in [0, 0.05) is 6.42 Å². The Morgan fingerprint density at radius 1 is 1.11 bits per heavy atom. The molecule has 0 radical (unpaired) electrons. The summed E-state index contributed by atoms with van der Waals surface area (Å²) in [7, 11) is 0. The maximum Gasteiger partial charge on any atom is 0.425 e. The average Bonchev–Trinajstić information content (AvgIpc) is 2.52. The minimum absolute atomic E-state index is 0.192. The van der Waals surface area contributed by atoms with Gasteiger partial charge >= 0.3 is 18.1 Å². The first-order valence-corrected chi connectivity index (χ1v) is 9.82. The highest BCUT2D eigenvalue weighted by atomic mass is 19.4. The molecular weight excluding hydrogens is 361 g/mol. The second kappa shape index (κ2) is 6.38. The molecule has 0 aromatic rings. The fourth-order valence-corrected chi connectivity index (χ4v) is 5.37. The monoisotopic (exact) mass is 390 g/mol. The summed E-state index contributed by atoms with van der Waals surface area (Å²) < 4.78 is 49.4. The molecule has 154 valence electrons. The van der Waals surface area contributed by atoms with E-state index in [0.717, 1.165) is 13.3 Å². The highest BCUT2D eigenvalue weighted by Crippen LogP contribution is 2.63. The van der Waals surface area contributed by atoms with E-state index in [1.807, 2.05) is 20.8 Å². The summed E-state index contributed by atoms with van der Waals surface area (Å²) in [6.45, 7) is 6.42. The predicted octanol–water partition coefficient (Wildman–Crippen LogP) is 4.80. The molecule has 4 saturated carbocycles. The molecule has 3 atom stereocenters. The van der Waals surface area contributed by atoms with Crippen LogP contribution in [0.3, 0.4) is 0 Å². The van der Waals surface area contributed by atoms with Crippen molar-refractivity contribution < 1.29 is 32.2 Å². The van der Waals surface area contributed by atoms with Gasteiger partial charge in [-0.1, -0.05) is 6.92 Å². The Morgan fingerprint density at radius 3 is 2.15 bits per heavy atom. The quantitative estimate of drug-likeness (QED) is 0.633. The maximum atomic E-state index is 12.9. The Hall–Kier alpha value is -1.27. The minimum Gasteiger partial charge on any atom is -0.459 e. The van der Waals surface area contributed by atoms with Crippen LogP contribution in [0.15, 0.2) is 0 Å². The third kappa shape index (κ3) is 3.70. The molecule has 0 heterocycles. The second-order valence-corrected chi connectivity index (χ2v) is 9.64. The number of rotatable bonds is 5. The summed E-state index contributed by atoms with van der Waals surface area (Å²) in [4.78, 5) is 25.4. The number of alkyl halides is 3. The van der Waals surface area contributed by atoms with Crippen molar-refractivity contribution in [1.82, 2.24) is 0 Å². The predicted molar refractivity (Wildman–Crippen MR) is 91.6 cm³/mol. The number of hydrogen-bond acceptors (Lipinski definition) is 4. The Morgan fingerprint density at radius 2 is 1.67 bits per heavy atom. The van der Waals surface area contributed by atoms with Crippen LogP contribution in [0.1, 0.15) is 72.6 Å². The van der Waals surface area contributed by atoms with Crippen LogP contribution in [0.2, 0.25) is 0 Å². The highest BCUT2D eigenvalue weighted by Gasteiger charge is 2.63. The van der Waals surface area contributed by atoms with Crippen LogP contribution in [0.25, 0.3) is 0 Å². The summed E-state index contributed by atoms with van der Waals surface area (Å²) in [5.41, 5.74) is -2.32. The van der Waals surface area contributed by atoms with Gasteiger partial charge in [-0.05, 0) is 71.1 Å². The number of carbonyl (C=O) groups excluding carboxylic acids is 2. The first-order valence-electron chi connectivity index (χ1n) is 9.82. The lowest BCUT2D eigenvalue weighted by Crippen LogP contribution is -2.61. The summed E-state index contributed by atoms with van der Waals surface area (Å²) in [5, 5.41) is 0. The molecule has 0 aromatic heterocycles. The molecule has 4 rings (SSSR count). The minimum atomic E-state index is -4.58.